The highest BCUT2D eigenvalue weighted by atomic mass is 16.2. The number of hydrogen-bond donors (Lipinski definition) is 1. The SMILES string of the molecule is CO.Cc1cc(C=O)ncn1. The molecule has 0 aromatic carbocycles. The molecule has 0 fully saturated rings. The van der Waals surface area contributed by atoms with Crippen molar-refractivity contribution in [3.63, 3.8) is 0 Å². The molecule has 4 heteroatoms. The largest absolute Gasteiger partial charge is 0.400 e. The maximum atomic E-state index is 10.1. The van der Waals surface area contributed by atoms with Gasteiger partial charge in [-0.1, -0.05) is 0 Å². The van der Waals surface area contributed by atoms with Gasteiger partial charge in [-0.15, -0.1) is 0 Å². The quantitative estimate of drug-likeness (QED) is 0.587. The molecule has 0 unspecified atom stereocenters. The van der Waals surface area contributed by atoms with Crippen LogP contribution in [0.4, 0.5) is 0 Å². The van der Waals surface area contributed by atoms with Gasteiger partial charge in [-0.25, -0.2) is 9.97 Å². The fourth-order valence-corrected chi connectivity index (χ4v) is 0.540. The highest BCUT2D eigenvalue weighted by molar-refractivity contribution is 5.71. The van der Waals surface area contributed by atoms with Crippen molar-refractivity contribution < 1.29 is 9.90 Å². The van der Waals surface area contributed by atoms with E-state index in [2.05, 4.69) is 9.97 Å². The van der Waals surface area contributed by atoms with Crippen molar-refractivity contribution >= 4 is 6.29 Å². The molecule has 0 bridgehead atoms. The summed E-state index contributed by atoms with van der Waals surface area (Å²) in [7, 11) is 1.00. The first-order chi connectivity index (χ1) is 5.33. The first kappa shape index (κ1) is 9.71. The van der Waals surface area contributed by atoms with Crippen LogP contribution in [0, 0.1) is 6.92 Å². The summed E-state index contributed by atoms with van der Waals surface area (Å²) in [5.74, 6) is 0. The molecule has 60 valence electrons. The van der Waals surface area contributed by atoms with Crippen molar-refractivity contribution in [1.82, 2.24) is 9.97 Å². The average molecular weight is 154 g/mol. The number of aldehydes is 1. The number of carbonyl (C=O) groups is 1. The molecule has 0 saturated heterocycles. The van der Waals surface area contributed by atoms with Crippen LogP contribution in [0.2, 0.25) is 0 Å². The third-order valence-corrected chi connectivity index (χ3v) is 0.946. The second-order valence-electron chi connectivity index (χ2n) is 1.70. The van der Waals surface area contributed by atoms with Crippen LogP contribution >= 0.6 is 0 Å². The summed E-state index contributed by atoms with van der Waals surface area (Å²) in [4.78, 5) is 17.6. The monoisotopic (exact) mass is 154 g/mol. The van der Waals surface area contributed by atoms with Gasteiger partial charge < -0.3 is 5.11 Å². The van der Waals surface area contributed by atoms with E-state index in [-0.39, 0.29) is 0 Å². The van der Waals surface area contributed by atoms with Crippen molar-refractivity contribution in [2.45, 2.75) is 6.92 Å². The lowest BCUT2D eigenvalue weighted by Gasteiger charge is -1.88. The second-order valence-corrected chi connectivity index (χ2v) is 1.70. The molecule has 11 heavy (non-hydrogen) atoms. The molecule has 0 aliphatic carbocycles. The zero-order valence-electron chi connectivity index (χ0n) is 6.48. The summed E-state index contributed by atoms with van der Waals surface area (Å²) in [6.07, 6.45) is 2.08. The van der Waals surface area contributed by atoms with Crippen LogP contribution in [0.3, 0.4) is 0 Å². The number of aliphatic hydroxyl groups is 1. The minimum Gasteiger partial charge on any atom is -0.400 e. The van der Waals surface area contributed by atoms with Crippen molar-refractivity contribution in [2.75, 3.05) is 7.11 Å². The predicted molar refractivity (Wildman–Crippen MR) is 40.3 cm³/mol. The van der Waals surface area contributed by atoms with Crippen LogP contribution in [0.5, 0.6) is 0 Å². The van der Waals surface area contributed by atoms with E-state index in [1.165, 1.54) is 6.33 Å². The Morgan fingerprint density at radius 2 is 2.09 bits per heavy atom. The van der Waals surface area contributed by atoms with Crippen molar-refractivity contribution in [3.8, 4) is 0 Å². The minimum absolute atomic E-state index is 0.433. The van der Waals surface area contributed by atoms with Gasteiger partial charge in [0.05, 0.1) is 0 Å². The molecule has 0 aliphatic rings. The lowest BCUT2D eigenvalue weighted by molar-refractivity contribution is 0.111. The first-order valence-corrected chi connectivity index (χ1v) is 3.01. The number of nitrogens with zero attached hydrogens (tertiary/aromatic N) is 2. The molecule has 1 rings (SSSR count). The number of aliphatic hydroxyl groups excluding tert-OH is 1. The average Bonchev–Trinajstić information content (AvgIpc) is 2.08. The van der Waals surface area contributed by atoms with Crippen LogP contribution in [-0.4, -0.2) is 28.5 Å². The molecule has 1 heterocycles. The fraction of sp³-hybridized carbons (Fsp3) is 0.286. The standard InChI is InChI=1S/C6H6N2O.CH4O/c1-5-2-6(3-9)8-4-7-5;1-2/h2-4H,1H3;2H,1H3. The zero-order chi connectivity index (χ0) is 8.69. The van der Waals surface area contributed by atoms with E-state index in [4.69, 9.17) is 5.11 Å². The maximum Gasteiger partial charge on any atom is 0.168 e. The molecule has 4 nitrogen and oxygen atoms in total. The first-order valence-electron chi connectivity index (χ1n) is 3.01. The molecule has 0 saturated carbocycles. The Morgan fingerprint density at radius 3 is 2.45 bits per heavy atom. The summed E-state index contributed by atoms with van der Waals surface area (Å²) in [5, 5.41) is 7.00. The van der Waals surface area contributed by atoms with Crippen molar-refractivity contribution in [2.24, 2.45) is 0 Å². The van der Waals surface area contributed by atoms with E-state index in [0.717, 1.165) is 12.8 Å². The number of aryl methyl sites for hydroxylation is 1. The van der Waals surface area contributed by atoms with E-state index < -0.39 is 0 Å². The summed E-state index contributed by atoms with van der Waals surface area (Å²) >= 11 is 0. The third-order valence-electron chi connectivity index (χ3n) is 0.946. The highest BCUT2D eigenvalue weighted by Crippen LogP contribution is 1.90. The van der Waals surface area contributed by atoms with Gasteiger partial charge in [0.15, 0.2) is 6.29 Å². The second kappa shape index (κ2) is 5.49. The Balaban J connectivity index is 0.000000461. The van der Waals surface area contributed by atoms with Gasteiger partial charge in [0, 0.05) is 12.8 Å². The fourth-order valence-electron chi connectivity index (χ4n) is 0.540. The molecule has 1 aromatic heterocycles. The Morgan fingerprint density at radius 1 is 1.45 bits per heavy atom. The van der Waals surface area contributed by atoms with Crippen LogP contribution in [0.25, 0.3) is 0 Å². The van der Waals surface area contributed by atoms with Gasteiger partial charge in [0.2, 0.25) is 0 Å². The summed E-state index contributed by atoms with van der Waals surface area (Å²) in [6.45, 7) is 1.81. The van der Waals surface area contributed by atoms with Crippen LogP contribution < -0.4 is 0 Å². The van der Waals surface area contributed by atoms with Crippen molar-refractivity contribution in [3.05, 3.63) is 23.8 Å². The smallest absolute Gasteiger partial charge is 0.168 e. The molecule has 1 N–H and O–H groups in total. The lowest BCUT2D eigenvalue weighted by Crippen LogP contribution is -1.88. The van der Waals surface area contributed by atoms with E-state index in [1.807, 2.05) is 6.92 Å². The molecule has 0 amide bonds. The maximum absolute atomic E-state index is 10.1. The number of rotatable bonds is 1. The number of carbonyl (C=O) groups excluding carboxylic acids is 1. The van der Waals surface area contributed by atoms with Gasteiger partial charge in [0.1, 0.15) is 12.0 Å². The molecule has 0 spiro atoms. The molecule has 0 radical (unpaired) electrons. The van der Waals surface area contributed by atoms with Gasteiger partial charge >= 0.3 is 0 Å². The molecule has 0 atom stereocenters. The zero-order valence-corrected chi connectivity index (χ0v) is 6.48. The van der Waals surface area contributed by atoms with Gasteiger partial charge in [-0.2, -0.15) is 0 Å². The highest BCUT2D eigenvalue weighted by Gasteiger charge is 1.89. The minimum atomic E-state index is 0.433. The topological polar surface area (TPSA) is 63.1 Å². The Bertz CT molecular complexity index is 225. The molecular weight excluding hydrogens is 144 g/mol. The Kier molecular flexibility index (Phi) is 4.85. The summed E-state index contributed by atoms with van der Waals surface area (Å²) in [6, 6.07) is 1.63. The van der Waals surface area contributed by atoms with Crippen LogP contribution in [0.15, 0.2) is 12.4 Å². The lowest BCUT2D eigenvalue weighted by atomic mass is 10.4. The van der Waals surface area contributed by atoms with Gasteiger partial charge in [-0.05, 0) is 13.0 Å². The van der Waals surface area contributed by atoms with E-state index in [9.17, 15) is 4.79 Å². The molecule has 0 aliphatic heterocycles. The Hall–Kier alpha value is -1.29. The molecular formula is C7H10N2O2. The summed E-state index contributed by atoms with van der Waals surface area (Å²) < 4.78 is 0. The molecule has 1 aromatic rings. The van der Waals surface area contributed by atoms with Crippen LogP contribution in [-0.2, 0) is 0 Å². The number of aromatic nitrogens is 2. The van der Waals surface area contributed by atoms with E-state index in [0.29, 0.717) is 12.0 Å². The third kappa shape index (κ3) is 3.42. The van der Waals surface area contributed by atoms with Gasteiger partial charge in [0.25, 0.3) is 0 Å². The Labute approximate surface area is 64.9 Å². The summed E-state index contributed by atoms with van der Waals surface area (Å²) in [5.41, 5.74) is 1.25. The normalized spacial score (nSPS) is 7.91. The van der Waals surface area contributed by atoms with E-state index in [1.54, 1.807) is 6.07 Å². The predicted octanol–water partition coefficient (Wildman–Crippen LogP) is 0.206. The van der Waals surface area contributed by atoms with Crippen molar-refractivity contribution in [1.29, 1.82) is 0 Å². The van der Waals surface area contributed by atoms with Gasteiger partial charge in [-0.3, -0.25) is 4.79 Å². The number of hydrogen-bond acceptors (Lipinski definition) is 4. The van der Waals surface area contributed by atoms with Crippen LogP contribution in [0.1, 0.15) is 16.2 Å². The van der Waals surface area contributed by atoms with E-state index >= 15 is 0 Å².